The molecule has 3 rings (SSSR count). The molecule has 0 bridgehead atoms. The van der Waals surface area contributed by atoms with Gasteiger partial charge in [-0.3, -0.25) is 9.59 Å². The molecule has 0 aromatic heterocycles. The Hall–Kier alpha value is -1.59. The lowest BCUT2D eigenvalue weighted by atomic mass is 9.73. The Bertz CT molecular complexity index is 640. The Morgan fingerprint density at radius 3 is 2.70 bits per heavy atom. The average Bonchev–Trinajstić information content (AvgIpc) is 2.94. The van der Waals surface area contributed by atoms with Crippen molar-refractivity contribution in [2.45, 2.75) is 30.1 Å². The van der Waals surface area contributed by atoms with Crippen LogP contribution >= 0.6 is 11.8 Å². The van der Waals surface area contributed by atoms with E-state index in [1.807, 2.05) is 30.3 Å². The predicted molar refractivity (Wildman–Crippen MR) is 89.0 cm³/mol. The third-order valence-electron chi connectivity index (χ3n) is 4.64. The van der Waals surface area contributed by atoms with E-state index >= 15 is 0 Å². The second-order valence-corrected chi connectivity index (χ2v) is 7.19. The van der Waals surface area contributed by atoms with Crippen molar-refractivity contribution in [2.75, 3.05) is 12.9 Å². The van der Waals surface area contributed by atoms with E-state index in [1.165, 1.54) is 18.9 Å². The zero-order valence-electron chi connectivity index (χ0n) is 13.0. The van der Waals surface area contributed by atoms with Gasteiger partial charge in [-0.05, 0) is 24.5 Å². The number of allylic oxidation sites excluding steroid dienone is 1. The highest BCUT2D eigenvalue weighted by molar-refractivity contribution is 8.01. The fourth-order valence-corrected chi connectivity index (χ4v) is 5.13. The number of methoxy groups -OCH3 is 1. The van der Waals surface area contributed by atoms with E-state index < -0.39 is 16.8 Å². The molecule has 0 unspecified atom stereocenters. The fraction of sp³-hybridized carbons (Fsp3) is 0.444. The second kappa shape index (κ2) is 6.49. The monoisotopic (exact) mass is 332 g/mol. The largest absolute Gasteiger partial charge is 0.468 e. The summed E-state index contributed by atoms with van der Waals surface area (Å²) < 4.78 is 4.93. The van der Waals surface area contributed by atoms with Crippen LogP contribution in [-0.2, 0) is 19.9 Å². The lowest BCUT2D eigenvalue weighted by molar-refractivity contribution is -0.142. The Balaban J connectivity index is 2.05. The summed E-state index contributed by atoms with van der Waals surface area (Å²) in [6.45, 7) is 0. The number of benzene rings is 1. The number of ether oxygens (including phenoxy) is 1. The van der Waals surface area contributed by atoms with E-state index in [0.29, 0.717) is 12.2 Å². The number of hydrogen-bond donors (Lipinski definition) is 1. The first kappa shape index (κ1) is 16.3. The molecule has 4 nitrogen and oxygen atoms in total. The zero-order valence-corrected chi connectivity index (χ0v) is 13.8. The number of ketones is 1. The average molecular weight is 332 g/mol. The van der Waals surface area contributed by atoms with Crippen molar-refractivity contribution in [2.24, 2.45) is 5.92 Å². The van der Waals surface area contributed by atoms with Crippen molar-refractivity contribution in [1.82, 2.24) is 0 Å². The highest BCUT2D eigenvalue weighted by Crippen LogP contribution is 2.51. The zero-order chi connectivity index (χ0) is 16.4. The van der Waals surface area contributed by atoms with Crippen LogP contribution in [0.15, 0.2) is 42.0 Å². The lowest BCUT2D eigenvalue weighted by Crippen LogP contribution is -2.41. The third kappa shape index (κ3) is 2.95. The van der Waals surface area contributed by atoms with Crippen LogP contribution in [0.2, 0.25) is 0 Å². The molecule has 3 atom stereocenters. The molecule has 0 radical (unpaired) electrons. The molecule has 1 N–H and O–H groups in total. The van der Waals surface area contributed by atoms with Gasteiger partial charge in [0.15, 0.2) is 5.78 Å². The number of carbonyl (C=O) groups excluding carboxylic acids is 2. The normalized spacial score (nSPS) is 30.9. The molecule has 5 heteroatoms. The minimum Gasteiger partial charge on any atom is -0.468 e. The molecule has 2 aliphatic rings. The maximum absolute atomic E-state index is 12.2. The van der Waals surface area contributed by atoms with Crippen molar-refractivity contribution >= 4 is 23.5 Å². The van der Waals surface area contributed by atoms with Gasteiger partial charge in [-0.15, -0.1) is 11.8 Å². The van der Waals surface area contributed by atoms with E-state index in [4.69, 9.17) is 4.74 Å². The van der Waals surface area contributed by atoms with Gasteiger partial charge in [-0.2, -0.15) is 0 Å². The maximum Gasteiger partial charge on any atom is 0.319 e. The van der Waals surface area contributed by atoms with Gasteiger partial charge in [0.1, 0.15) is 10.9 Å². The summed E-state index contributed by atoms with van der Waals surface area (Å²) in [5.41, 5.74) is 0.490. The first-order valence-corrected chi connectivity index (χ1v) is 8.82. The van der Waals surface area contributed by atoms with Crippen LogP contribution in [0.25, 0.3) is 0 Å². The molecular weight excluding hydrogens is 312 g/mol. The van der Waals surface area contributed by atoms with Crippen molar-refractivity contribution in [3.8, 4) is 0 Å². The molecule has 1 aliphatic heterocycles. The molecule has 1 fully saturated rings. The Morgan fingerprint density at radius 1 is 1.30 bits per heavy atom. The second-order valence-electron chi connectivity index (χ2n) is 6.06. The predicted octanol–water partition coefficient (Wildman–Crippen LogP) is 2.46. The highest BCUT2D eigenvalue weighted by Gasteiger charge is 2.53. The van der Waals surface area contributed by atoms with Gasteiger partial charge < -0.3 is 9.84 Å². The summed E-state index contributed by atoms with van der Waals surface area (Å²) in [4.78, 5) is 24.0. The molecule has 1 saturated heterocycles. The summed E-state index contributed by atoms with van der Waals surface area (Å²) in [5, 5.41) is 10.9. The topological polar surface area (TPSA) is 63.6 Å². The quantitative estimate of drug-likeness (QED) is 0.862. The van der Waals surface area contributed by atoms with Gasteiger partial charge in [0.25, 0.3) is 0 Å². The van der Waals surface area contributed by atoms with Gasteiger partial charge in [0, 0.05) is 18.1 Å². The van der Waals surface area contributed by atoms with Crippen LogP contribution in [0.3, 0.4) is 0 Å². The standard InChI is InChI=1S/C18H20O4S/c1-22-17(20)16-15(12-6-5-9-14(19)10-12)18(21,11-23-16)13-7-3-2-4-8-13/h2-4,7-8,10,15-16,21H,5-6,9,11H2,1H3/t15-,16+,18-/m1/s1. The number of hydrogen-bond acceptors (Lipinski definition) is 5. The first-order chi connectivity index (χ1) is 11.1. The van der Waals surface area contributed by atoms with Crippen LogP contribution in [0.4, 0.5) is 0 Å². The Labute approximate surface area is 139 Å². The molecule has 0 spiro atoms. The van der Waals surface area contributed by atoms with Gasteiger partial charge in [0.05, 0.1) is 7.11 Å². The van der Waals surface area contributed by atoms with E-state index in [-0.39, 0.29) is 11.8 Å². The van der Waals surface area contributed by atoms with Crippen LogP contribution < -0.4 is 0 Å². The highest BCUT2D eigenvalue weighted by atomic mass is 32.2. The Morgan fingerprint density at radius 2 is 2.04 bits per heavy atom. The molecule has 1 heterocycles. The first-order valence-electron chi connectivity index (χ1n) is 7.77. The SMILES string of the molecule is COC(=O)[C@H]1SC[C@@](O)(c2ccccc2)[C@@H]1C1=CC(=O)CCC1. The number of aliphatic hydroxyl groups is 1. The van der Waals surface area contributed by atoms with Gasteiger partial charge in [-0.25, -0.2) is 0 Å². The number of carbonyl (C=O) groups is 2. The maximum atomic E-state index is 12.2. The minimum atomic E-state index is -1.16. The summed E-state index contributed by atoms with van der Waals surface area (Å²) in [6, 6.07) is 9.39. The molecule has 23 heavy (non-hydrogen) atoms. The van der Waals surface area contributed by atoms with Gasteiger partial charge in [-0.1, -0.05) is 35.9 Å². The number of thioether (sulfide) groups is 1. The van der Waals surface area contributed by atoms with E-state index in [1.54, 1.807) is 6.08 Å². The molecule has 1 aromatic rings. The Kier molecular flexibility index (Phi) is 4.60. The molecule has 1 aliphatic carbocycles. The van der Waals surface area contributed by atoms with Crippen LogP contribution in [0, 0.1) is 5.92 Å². The van der Waals surface area contributed by atoms with Crippen LogP contribution in [0.5, 0.6) is 0 Å². The molecule has 0 amide bonds. The number of rotatable bonds is 3. The molecule has 1 aromatic carbocycles. The van der Waals surface area contributed by atoms with Crippen LogP contribution in [0.1, 0.15) is 24.8 Å². The van der Waals surface area contributed by atoms with E-state index in [9.17, 15) is 14.7 Å². The van der Waals surface area contributed by atoms with Crippen molar-refractivity contribution in [1.29, 1.82) is 0 Å². The van der Waals surface area contributed by atoms with E-state index in [0.717, 1.165) is 24.0 Å². The van der Waals surface area contributed by atoms with Crippen molar-refractivity contribution in [3.63, 3.8) is 0 Å². The van der Waals surface area contributed by atoms with Crippen LogP contribution in [-0.4, -0.2) is 35.0 Å². The lowest BCUT2D eigenvalue weighted by Gasteiger charge is -2.34. The molecular formula is C18H20O4S. The fourth-order valence-electron chi connectivity index (χ4n) is 3.53. The molecule has 0 saturated carbocycles. The number of esters is 1. The molecule has 122 valence electrons. The van der Waals surface area contributed by atoms with Gasteiger partial charge >= 0.3 is 5.97 Å². The summed E-state index contributed by atoms with van der Waals surface area (Å²) in [6.07, 6.45) is 3.67. The summed E-state index contributed by atoms with van der Waals surface area (Å²) >= 11 is 1.40. The van der Waals surface area contributed by atoms with E-state index in [2.05, 4.69) is 0 Å². The summed E-state index contributed by atoms with van der Waals surface area (Å²) in [7, 11) is 1.36. The van der Waals surface area contributed by atoms with Gasteiger partial charge in [0.2, 0.25) is 0 Å². The summed E-state index contributed by atoms with van der Waals surface area (Å²) in [5.74, 6) is -0.285. The minimum absolute atomic E-state index is 0.0715. The smallest absolute Gasteiger partial charge is 0.319 e. The van der Waals surface area contributed by atoms with Crippen molar-refractivity contribution in [3.05, 3.63) is 47.5 Å². The third-order valence-corrected chi connectivity index (χ3v) is 6.07. The van der Waals surface area contributed by atoms with Crippen molar-refractivity contribution < 1.29 is 19.4 Å².